The second kappa shape index (κ2) is 5.70. The maximum Gasteiger partial charge on any atom is 0.326 e. The van der Waals surface area contributed by atoms with E-state index >= 15 is 0 Å². The Hall–Kier alpha value is -1.79. The van der Waals surface area contributed by atoms with Crippen LogP contribution in [-0.2, 0) is 9.59 Å². The standard InChI is InChI=1S/C11H18N2O5/c1-6-4-13(5-7(6)2)11(18)12-8(10(16)17)3-9(14)15/h6-8H,3-5H2,1-2H3,(H,12,18)(H,14,15)(H,16,17). The number of likely N-dealkylation sites (tertiary alicyclic amines) is 1. The fourth-order valence-electron chi connectivity index (χ4n) is 1.91. The van der Waals surface area contributed by atoms with Gasteiger partial charge in [-0.05, 0) is 11.8 Å². The monoisotopic (exact) mass is 258 g/mol. The molecule has 7 nitrogen and oxygen atoms in total. The van der Waals surface area contributed by atoms with Gasteiger partial charge in [-0.25, -0.2) is 9.59 Å². The summed E-state index contributed by atoms with van der Waals surface area (Å²) in [5.41, 5.74) is 0. The van der Waals surface area contributed by atoms with Crippen LogP contribution in [0.3, 0.4) is 0 Å². The van der Waals surface area contributed by atoms with Crippen molar-refractivity contribution in [1.29, 1.82) is 0 Å². The zero-order valence-electron chi connectivity index (χ0n) is 10.4. The second-order valence-electron chi connectivity index (χ2n) is 4.80. The van der Waals surface area contributed by atoms with Crippen LogP contribution in [0.1, 0.15) is 20.3 Å². The van der Waals surface area contributed by atoms with Crippen LogP contribution in [0.2, 0.25) is 0 Å². The number of nitrogens with zero attached hydrogens (tertiary/aromatic N) is 1. The van der Waals surface area contributed by atoms with Crippen LogP contribution in [0.25, 0.3) is 0 Å². The number of carbonyl (C=O) groups excluding carboxylic acids is 1. The summed E-state index contributed by atoms with van der Waals surface area (Å²) in [6, 6.07) is -1.90. The van der Waals surface area contributed by atoms with Crippen LogP contribution in [0, 0.1) is 11.8 Å². The van der Waals surface area contributed by atoms with Crippen molar-refractivity contribution in [3.63, 3.8) is 0 Å². The molecule has 0 aliphatic carbocycles. The van der Waals surface area contributed by atoms with E-state index in [4.69, 9.17) is 10.2 Å². The topological polar surface area (TPSA) is 107 Å². The molecule has 1 rings (SSSR count). The Morgan fingerprint density at radius 1 is 1.22 bits per heavy atom. The van der Waals surface area contributed by atoms with Gasteiger partial charge in [0.25, 0.3) is 0 Å². The molecule has 0 aromatic rings. The van der Waals surface area contributed by atoms with Gasteiger partial charge in [0.2, 0.25) is 0 Å². The van der Waals surface area contributed by atoms with Crippen molar-refractivity contribution < 1.29 is 24.6 Å². The van der Waals surface area contributed by atoms with Gasteiger partial charge in [0.1, 0.15) is 6.04 Å². The molecule has 0 aromatic heterocycles. The lowest BCUT2D eigenvalue weighted by molar-refractivity contribution is -0.145. The van der Waals surface area contributed by atoms with Crippen LogP contribution < -0.4 is 5.32 Å². The smallest absolute Gasteiger partial charge is 0.326 e. The van der Waals surface area contributed by atoms with Gasteiger partial charge in [-0.2, -0.15) is 0 Å². The van der Waals surface area contributed by atoms with Crippen LogP contribution in [0.5, 0.6) is 0 Å². The van der Waals surface area contributed by atoms with Crippen molar-refractivity contribution in [3.8, 4) is 0 Å². The number of rotatable bonds is 4. The number of hydrogen-bond donors (Lipinski definition) is 3. The quantitative estimate of drug-likeness (QED) is 0.668. The number of carboxylic acid groups (broad SMARTS) is 2. The van der Waals surface area contributed by atoms with Crippen LogP contribution in [0.15, 0.2) is 0 Å². The Morgan fingerprint density at radius 2 is 1.72 bits per heavy atom. The number of hydrogen-bond acceptors (Lipinski definition) is 3. The highest BCUT2D eigenvalue weighted by Gasteiger charge is 2.32. The third-order valence-electron chi connectivity index (χ3n) is 3.25. The van der Waals surface area contributed by atoms with E-state index in [9.17, 15) is 14.4 Å². The van der Waals surface area contributed by atoms with Crippen molar-refractivity contribution in [2.24, 2.45) is 11.8 Å². The van der Waals surface area contributed by atoms with Crippen molar-refractivity contribution in [1.82, 2.24) is 10.2 Å². The highest BCUT2D eigenvalue weighted by Crippen LogP contribution is 2.21. The Kier molecular flexibility index (Phi) is 4.52. The summed E-state index contributed by atoms with van der Waals surface area (Å²) in [6.45, 7) is 5.16. The molecule has 0 bridgehead atoms. The summed E-state index contributed by atoms with van der Waals surface area (Å²) < 4.78 is 0. The van der Waals surface area contributed by atoms with Gasteiger partial charge in [0.15, 0.2) is 0 Å². The minimum atomic E-state index is -1.39. The molecule has 0 aromatic carbocycles. The molecule has 7 heteroatoms. The minimum absolute atomic E-state index is 0.360. The van der Waals surface area contributed by atoms with Gasteiger partial charge in [-0.1, -0.05) is 13.8 Å². The molecule has 1 heterocycles. The predicted octanol–water partition coefficient (Wildman–Crippen LogP) is 0.212. The van der Waals surface area contributed by atoms with E-state index in [2.05, 4.69) is 5.32 Å². The third-order valence-corrected chi connectivity index (χ3v) is 3.25. The third kappa shape index (κ3) is 3.61. The van der Waals surface area contributed by atoms with Gasteiger partial charge in [0.05, 0.1) is 6.42 Å². The van der Waals surface area contributed by atoms with E-state index in [0.717, 1.165) is 0 Å². The molecule has 1 aliphatic rings. The lowest BCUT2D eigenvalue weighted by Crippen LogP contribution is -2.48. The van der Waals surface area contributed by atoms with Crippen molar-refractivity contribution >= 4 is 18.0 Å². The lowest BCUT2D eigenvalue weighted by Gasteiger charge is -2.20. The van der Waals surface area contributed by atoms with E-state index in [1.54, 1.807) is 0 Å². The van der Waals surface area contributed by atoms with Crippen molar-refractivity contribution in [2.45, 2.75) is 26.3 Å². The molecule has 1 saturated heterocycles. The molecule has 102 valence electrons. The van der Waals surface area contributed by atoms with Gasteiger partial charge in [-0.3, -0.25) is 4.79 Å². The summed E-state index contributed by atoms with van der Waals surface area (Å²) in [4.78, 5) is 34.6. The maximum absolute atomic E-state index is 11.8. The largest absolute Gasteiger partial charge is 0.481 e. The molecule has 0 spiro atoms. The number of carbonyl (C=O) groups is 3. The van der Waals surface area contributed by atoms with Gasteiger partial charge in [-0.15, -0.1) is 0 Å². The van der Waals surface area contributed by atoms with Gasteiger partial charge in [0, 0.05) is 13.1 Å². The first-order valence-corrected chi connectivity index (χ1v) is 5.81. The Balaban J connectivity index is 2.57. The van der Waals surface area contributed by atoms with Gasteiger partial charge < -0.3 is 20.4 Å². The van der Waals surface area contributed by atoms with Crippen LogP contribution >= 0.6 is 0 Å². The number of urea groups is 1. The maximum atomic E-state index is 11.8. The molecule has 1 fully saturated rings. The summed E-state index contributed by atoms with van der Waals surface area (Å²) in [5.74, 6) is -1.88. The minimum Gasteiger partial charge on any atom is -0.481 e. The Bertz CT molecular complexity index is 347. The van der Waals surface area contributed by atoms with Crippen molar-refractivity contribution in [2.75, 3.05) is 13.1 Å². The number of nitrogens with one attached hydrogen (secondary N) is 1. The van der Waals surface area contributed by atoms with Crippen LogP contribution in [-0.4, -0.2) is 52.2 Å². The normalized spacial score (nSPS) is 24.7. The molecular formula is C11H18N2O5. The molecule has 3 atom stereocenters. The van der Waals surface area contributed by atoms with E-state index in [1.165, 1.54) is 4.90 Å². The first kappa shape index (κ1) is 14.3. The molecule has 18 heavy (non-hydrogen) atoms. The Morgan fingerprint density at radius 3 is 2.11 bits per heavy atom. The first-order valence-electron chi connectivity index (χ1n) is 5.81. The molecule has 2 amide bonds. The summed E-state index contributed by atoms with van der Waals surface area (Å²) in [7, 11) is 0. The summed E-state index contributed by atoms with van der Waals surface area (Å²) in [5, 5.41) is 19.6. The predicted molar refractivity (Wildman–Crippen MR) is 62.1 cm³/mol. The molecule has 0 saturated carbocycles. The highest BCUT2D eigenvalue weighted by molar-refractivity contribution is 5.86. The number of carboxylic acids is 2. The zero-order valence-corrected chi connectivity index (χ0v) is 10.4. The molecule has 1 aliphatic heterocycles. The first-order chi connectivity index (χ1) is 8.31. The fourth-order valence-corrected chi connectivity index (χ4v) is 1.91. The SMILES string of the molecule is CC1CN(C(=O)NC(CC(=O)O)C(=O)O)CC1C. The second-order valence-corrected chi connectivity index (χ2v) is 4.80. The zero-order chi connectivity index (χ0) is 13.9. The lowest BCUT2D eigenvalue weighted by atomic mass is 10.0. The fraction of sp³-hybridized carbons (Fsp3) is 0.727. The highest BCUT2D eigenvalue weighted by atomic mass is 16.4. The molecule has 3 unspecified atom stereocenters. The summed E-state index contributed by atoms with van der Waals surface area (Å²) >= 11 is 0. The van der Waals surface area contributed by atoms with Crippen molar-refractivity contribution in [3.05, 3.63) is 0 Å². The van der Waals surface area contributed by atoms with E-state index < -0.39 is 30.4 Å². The number of amides is 2. The molecule has 0 radical (unpaired) electrons. The number of aliphatic carboxylic acids is 2. The van der Waals surface area contributed by atoms with E-state index in [0.29, 0.717) is 24.9 Å². The van der Waals surface area contributed by atoms with Crippen LogP contribution in [0.4, 0.5) is 4.79 Å². The molecular weight excluding hydrogens is 240 g/mol. The summed E-state index contributed by atoms with van der Waals surface area (Å²) in [6.07, 6.45) is -0.625. The Labute approximate surface area is 105 Å². The average Bonchev–Trinajstić information content (AvgIpc) is 2.57. The van der Waals surface area contributed by atoms with Gasteiger partial charge >= 0.3 is 18.0 Å². The van der Waals surface area contributed by atoms with E-state index in [-0.39, 0.29) is 0 Å². The molecule has 3 N–H and O–H groups in total. The average molecular weight is 258 g/mol. The van der Waals surface area contributed by atoms with E-state index in [1.807, 2.05) is 13.8 Å².